The molecule has 13 heteroatoms. The Morgan fingerprint density at radius 3 is 2.31 bits per heavy atom. The van der Waals surface area contributed by atoms with Gasteiger partial charge < -0.3 is 24.5 Å². The van der Waals surface area contributed by atoms with E-state index in [-0.39, 0.29) is 35.7 Å². The number of halogens is 3. The standard InChI is InChI=1S/C38H49F3N4O5Si/c1-21-19-45(20-28(35(21)47)44-36(48)49-37(2,3)4)34-22(18-42-32-23(34)13-16-30(32)50-51(8,9)38(5,6)7)17-29(46)27-15-14-26(41)33(43-27)31-24(39)11-10-12-25(31)40/h10-12,14-15,18,21,28,30,35,47H,13,16-17,19-20H2,1-9H3,(H,44,48)/t21-,28+,30?,35+/m0/s1. The number of anilines is 1. The molecule has 0 radical (unpaired) electrons. The second-order valence-electron chi connectivity index (χ2n) is 16.3. The van der Waals surface area contributed by atoms with Crippen molar-refractivity contribution in [1.82, 2.24) is 15.3 Å². The van der Waals surface area contributed by atoms with Gasteiger partial charge in [-0.2, -0.15) is 0 Å². The molecule has 1 fully saturated rings. The summed E-state index contributed by atoms with van der Waals surface area (Å²) in [7, 11) is -2.19. The van der Waals surface area contributed by atoms with Crippen molar-refractivity contribution < 1.29 is 37.0 Å². The highest BCUT2D eigenvalue weighted by molar-refractivity contribution is 6.74. The number of aliphatic hydroxyl groups is 1. The number of fused-ring (bicyclic) bond motifs is 1. The lowest BCUT2D eigenvalue weighted by molar-refractivity contribution is 0.0302. The first-order valence-electron chi connectivity index (χ1n) is 17.4. The van der Waals surface area contributed by atoms with Gasteiger partial charge in [0.25, 0.3) is 0 Å². The van der Waals surface area contributed by atoms with Gasteiger partial charge in [-0.25, -0.2) is 22.9 Å². The average molecular weight is 727 g/mol. The van der Waals surface area contributed by atoms with E-state index in [1.54, 1.807) is 27.0 Å². The molecule has 1 saturated heterocycles. The molecule has 3 aromatic rings. The summed E-state index contributed by atoms with van der Waals surface area (Å²) < 4.78 is 56.5. The van der Waals surface area contributed by atoms with Gasteiger partial charge in [0, 0.05) is 48.4 Å². The van der Waals surface area contributed by atoms with E-state index in [0.29, 0.717) is 24.9 Å². The van der Waals surface area contributed by atoms with Crippen molar-refractivity contribution in [3.05, 3.63) is 76.5 Å². The van der Waals surface area contributed by atoms with Gasteiger partial charge >= 0.3 is 6.09 Å². The SMILES string of the molecule is C[C@H]1CN(c2c(CC(=O)c3ccc(F)c(-c4c(F)cccc4F)n3)cnc3c2CCC3O[Si](C)(C)C(C)(C)C)C[C@@H](NC(=O)OC(C)(C)C)[C@@H]1O. The van der Waals surface area contributed by atoms with E-state index in [1.165, 1.54) is 12.1 Å². The van der Waals surface area contributed by atoms with Crippen LogP contribution in [0.25, 0.3) is 11.3 Å². The number of carbonyl (C=O) groups excluding carboxylic acids is 2. The van der Waals surface area contributed by atoms with Gasteiger partial charge in [0.2, 0.25) is 0 Å². The largest absolute Gasteiger partial charge is 0.444 e. The molecule has 1 aliphatic heterocycles. The number of nitrogens with one attached hydrogen (secondary N) is 1. The number of aliphatic hydroxyl groups excluding tert-OH is 1. The van der Waals surface area contributed by atoms with Crippen LogP contribution in [-0.4, -0.2) is 66.1 Å². The van der Waals surface area contributed by atoms with Crippen molar-refractivity contribution in [2.75, 3.05) is 18.0 Å². The molecule has 2 aliphatic rings. The maximum Gasteiger partial charge on any atom is 0.408 e. The van der Waals surface area contributed by atoms with Gasteiger partial charge in [0.15, 0.2) is 14.1 Å². The number of alkyl carbamates (subject to hydrolysis) is 1. The summed E-state index contributed by atoms with van der Waals surface area (Å²) in [5.74, 6) is -3.74. The van der Waals surface area contributed by atoms with Crippen molar-refractivity contribution in [2.24, 2.45) is 5.92 Å². The van der Waals surface area contributed by atoms with Gasteiger partial charge in [-0.05, 0) is 76.0 Å². The molecule has 51 heavy (non-hydrogen) atoms. The fourth-order valence-corrected chi connectivity index (χ4v) is 7.81. The molecule has 5 rings (SSSR count). The molecule has 1 aliphatic carbocycles. The summed E-state index contributed by atoms with van der Waals surface area (Å²) >= 11 is 0. The number of hydrogen-bond donors (Lipinski definition) is 2. The first-order valence-corrected chi connectivity index (χ1v) is 20.3. The highest BCUT2D eigenvalue weighted by Gasteiger charge is 2.43. The van der Waals surface area contributed by atoms with Crippen LogP contribution in [-0.2, 0) is 22.0 Å². The van der Waals surface area contributed by atoms with Crippen molar-refractivity contribution in [2.45, 2.75) is 110 Å². The first-order chi connectivity index (χ1) is 23.7. The quantitative estimate of drug-likeness (QED) is 0.179. The third-order valence-corrected chi connectivity index (χ3v) is 14.6. The molecule has 2 aromatic heterocycles. The molecule has 3 heterocycles. The Morgan fingerprint density at radius 1 is 1.02 bits per heavy atom. The summed E-state index contributed by atoms with van der Waals surface area (Å²) in [5, 5.41) is 14.0. The zero-order valence-corrected chi connectivity index (χ0v) is 31.9. The number of ether oxygens (including phenoxy) is 1. The van der Waals surface area contributed by atoms with E-state index >= 15 is 0 Å². The van der Waals surface area contributed by atoms with Crippen LogP contribution < -0.4 is 10.2 Å². The topological polar surface area (TPSA) is 114 Å². The van der Waals surface area contributed by atoms with Gasteiger partial charge in [0.1, 0.15) is 34.4 Å². The van der Waals surface area contributed by atoms with Gasteiger partial charge in [-0.15, -0.1) is 0 Å². The zero-order chi connectivity index (χ0) is 37.6. The van der Waals surface area contributed by atoms with E-state index in [0.717, 1.165) is 35.1 Å². The monoisotopic (exact) mass is 726 g/mol. The first kappa shape index (κ1) is 38.4. The van der Waals surface area contributed by atoms with Crippen molar-refractivity contribution in [3.63, 3.8) is 0 Å². The lowest BCUT2D eigenvalue weighted by Crippen LogP contribution is -2.59. The van der Waals surface area contributed by atoms with Crippen LogP contribution in [0.3, 0.4) is 0 Å². The van der Waals surface area contributed by atoms with E-state index < -0.39 is 66.6 Å². The predicted octanol–water partition coefficient (Wildman–Crippen LogP) is 7.71. The Bertz CT molecular complexity index is 1790. The third kappa shape index (κ3) is 8.31. The second-order valence-corrected chi connectivity index (χ2v) is 21.0. The van der Waals surface area contributed by atoms with Crippen LogP contribution in [0.15, 0.2) is 36.5 Å². The number of pyridine rings is 2. The maximum atomic E-state index is 14.9. The molecule has 0 spiro atoms. The van der Waals surface area contributed by atoms with Crippen LogP contribution in [0, 0.1) is 23.4 Å². The van der Waals surface area contributed by atoms with Gasteiger partial charge in [-0.3, -0.25) is 9.78 Å². The number of ketones is 1. The minimum Gasteiger partial charge on any atom is -0.444 e. The number of piperidine rings is 1. The molecule has 0 bridgehead atoms. The van der Waals surface area contributed by atoms with E-state index in [1.807, 2.05) is 6.92 Å². The third-order valence-electron chi connectivity index (χ3n) is 10.1. The van der Waals surface area contributed by atoms with Crippen LogP contribution in [0.1, 0.15) is 88.3 Å². The number of carbonyl (C=O) groups is 2. The lowest BCUT2D eigenvalue weighted by atomic mass is 9.90. The number of rotatable bonds is 8. The summed E-state index contributed by atoms with van der Waals surface area (Å²) in [6.07, 6.45) is 1.02. The number of Topliss-reactive ketones (excluding diaryl/α,β-unsaturated/α-hetero) is 1. The van der Waals surface area contributed by atoms with E-state index in [4.69, 9.17) is 14.1 Å². The highest BCUT2D eigenvalue weighted by Crippen LogP contribution is 2.46. The van der Waals surface area contributed by atoms with Crippen LogP contribution >= 0.6 is 0 Å². The number of benzene rings is 1. The number of aromatic nitrogens is 2. The number of nitrogens with zero attached hydrogens (tertiary/aromatic N) is 3. The van der Waals surface area contributed by atoms with E-state index in [9.17, 15) is 27.9 Å². The summed E-state index contributed by atoms with van der Waals surface area (Å²) in [6.45, 7) is 18.7. The van der Waals surface area contributed by atoms with Crippen molar-refractivity contribution in [1.29, 1.82) is 0 Å². The van der Waals surface area contributed by atoms with Gasteiger partial charge in [0.05, 0.1) is 29.5 Å². The maximum absolute atomic E-state index is 14.9. The summed E-state index contributed by atoms with van der Waals surface area (Å²) in [5.41, 5.74) is 0.892. The second kappa shape index (κ2) is 14.3. The Morgan fingerprint density at radius 2 is 1.69 bits per heavy atom. The predicted molar refractivity (Wildman–Crippen MR) is 192 cm³/mol. The Hall–Kier alpha value is -3.81. The minimum absolute atomic E-state index is 0.0312. The molecular formula is C38H49F3N4O5Si. The Balaban J connectivity index is 1.54. The number of hydrogen-bond acceptors (Lipinski definition) is 8. The molecule has 9 nitrogen and oxygen atoms in total. The van der Waals surface area contributed by atoms with Crippen LogP contribution in [0.4, 0.5) is 23.7 Å². The molecule has 0 saturated carbocycles. The zero-order valence-electron chi connectivity index (χ0n) is 30.9. The highest BCUT2D eigenvalue weighted by atomic mass is 28.4. The molecule has 276 valence electrons. The number of amides is 1. The molecule has 4 atom stereocenters. The molecule has 1 unspecified atom stereocenters. The molecular weight excluding hydrogens is 678 g/mol. The fourth-order valence-electron chi connectivity index (χ4n) is 6.51. The Kier molecular flexibility index (Phi) is 10.8. The Labute approximate surface area is 299 Å². The normalized spacial score (nSPS) is 21.0. The molecule has 1 aromatic carbocycles. The van der Waals surface area contributed by atoms with Crippen LogP contribution in [0.2, 0.25) is 18.1 Å². The minimum atomic E-state index is -2.19. The van der Waals surface area contributed by atoms with Crippen molar-refractivity contribution >= 4 is 25.9 Å². The summed E-state index contributed by atoms with van der Waals surface area (Å²) in [4.78, 5) is 37.7. The molecule has 2 N–H and O–H groups in total. The van der Waals surface area contributed by atoms with E-state index in [2.05, 4.69) is 49.1 Å². The molecule has 1 amide bonds. The fraction of sp³-hybridized carbons (Fsp3) is 0.526. The van der Waals surface area contributed by atoms with Crippen LogP contribution in [0.5, 0.6) is 0 Å². The van der Waals surface area contributed by atoms with Gasteiger partial charge in [-0.1, -0.05) is 33.8 Å². The lowest BCUT2D eigenvalue weighted by Gasteiger charge is -2.43. The smallest absolute Gasteiger partial charge is 0.408 e. The van der Waals surface area contributed by atoms with Crippen molar-refractivity contribution in [3.8, 4) is 11.3 Å². The average Bonchev–Trinajstić information content (AvgIpc) is 3.40. The summed E-state index contributed by atoms with van der Waals surface area (Å²) in [6, 6.07) is 4.66.